The molecule has 2 heterocycles. The van der Waals surface area contributed by atoms with E-state index in [9.17, 15) is 9.18 Å². The van der Waals surface area contributed by atoms with Crippen LogP contribution in [0, 0.1) is 18.7 Å². The van der Waals surface area contributed by atoms with Crippen LogP contribution in [0.2, 0.25) is 0 Å². The number of fused-ring (bicyclic) bond motifs is 1. The zero-order valence-electron chi connectivity index (χ0n) is 19.4. The molecule has 1 saturated carbocycles. The molecule has 2 aliphatic rings. The van der Waals surface area contributed by atoms with Gasteiger partial charge in [0.25, 0.3) is 5.56 Å². The van der Waals surface area contributed by atoms with Crippen LogP contribution in [-0.4, -0.2) is 27.2 Å². The van der Waals surface area contributed by atoms with Crippen LogP contribution in [0.5, 0.6) is 0 Å². The molecule has 33 heavy (non-hydrogen) atoms. The van der Waals surface area contributed by atoms with Crippen molar-refractivity contribution in [1.82, 2.24) is 14.5 Å². The summed E-state index contributed by atoms with van der Waals surface area (Å²) in [6.45, 7) is 5.41. The second-order valence-electron chi connectivity index (χ2n) is 9.48. The van der Waals surface area contributed by atoms with Crippen molar-refractivity contribution in [2.45, 2.75) is 58.7 Å². The van der Waals surface area contributed by atoms with Crippen molar-refractivity contribution in [2.24, 2.45) is 5.92 Å². The van der Waals surface area contributed by atoms with Gasteiger partial charge in [-0.2, -0.15) is 0 Å². The third-order valence-electron chi connectivity index (χ3n) is 7.23. The smallest absolute Gasteiger partial charge is 0.259 e. The van der Waals surface area contributed by atoms with Gasteiger partial charge in [0, 0.05) is 23.7 Å². The summed E-state index contributed by atoms with van der Waals surface area (Å²) in [5.41, 5.74) is 3.45. The lowest BCUT2D eigenvalue weighted by Gasteiger charge is -2.45. The number of aryl methyl sites for hydroxylation is 1. The van der Waals surface area contributed by atoms with E-state index in [2.05, 4.69) is 16.7 Å². The van der Waals surface area contributed by atoms with Crippen molar-refractivity contribution in [2.75, 3.05) is 11.6 Å². The van der Waals surface area contributed by atoms with Gasteiger partial charge in [0.05, 0.1) is 19.0 Å². The Hall–Kier alpha value is -2.99. The first-order valence-electron chi connectivity index (χ1n) is 11.9. The quantitative estimate of drug-likeness (QED) is 0.550. The number of nitrogens with zero attached hydrogens (tertiary/aromatic N) is 4. The van der Waals surface area contributed by atoms with Crippen molar-refractivity contribution < 1.29 is 4.39 Å². The van der Waals surface area contributed by atoms with E-state index in [1.807, 2.05) is 41.8 Å². The molecule has 1 aromatic heterocycles. The molecular formula is C27H31FN4O. The van der Waals surface area contributed by atoms with E-state index in [-0.39, 0.29) is 11.4 Å². The van der Waals surface area contributed by atoms with Crippen molar-refractivity contribution >= 4 is 11.6 Å². The molecule has 0 amide bonds. The predicted molar refractivity (Wildman–Crippen MR) is 129 cm³/mol. The molecule has 0 N–H and O–H groups in total. The first-order chi connectivity index (χ1) is 16.0. The summed E-state index contributed by atoms with van der Waals surface area (Å²) in [4.78, 5) is 23.2. The average molecular weight is 447 g/mol. The molecule has 3 aromatic rings. The number of hydrogen-bond acceptors (Lipinski definition) is 4. The van der Waals surface area contributed by atoms with E-state index in [0.29, 0.717) is 37.7 Å². The topological polar surface area (TPSA) is 41.4 Å². The molecule has 1 aliphatic heterocycles. The highest BCUT2D eigenvalue weighted by molar-refractivity contribution is 5.58. The average Bonchev–Trinajstić information content (AvgIpc) is 2.83. The van der Waals surface area contributed by atoms with Crippen molar-refractivity contribution in [3.63, 3.8) is 0 Å². The summed E-state index contributed by atoms with van der Waals surface area (Å²) >= 11 is 0. The first kappa shape index (κ1) is 21.8. The lowest BCUT2D eigenvalue weighted by molar-refractivity contribution is 0.0723. The van der Waals surface area contributed by atoms with Crippen molar-refractivity contribution in [1.29, 1.82) is 0 Å². The second-order valence-corrected chi connectivity index (χ2v) is 9.48. The van der Waals surface area contributed by atoms with Gasteiger partial charge in [0.15, 0.2) is 0 Å². The minimum absolute atomic E-state index is 0.0154. The summed E-state index contributed by atoms with van der Waals surface area (Å²) in [6.07, 6.45) is 5.40. The Labute approximate surface area is 194 Å². The second kappa shape index (κ2) is 9.10. The van der Waals surface area contributed by atoms with Crippen LogP contribution in [0.25, 0.3) is 0 Å². The van der Waals surface area contributed by atoms with Gasteiger partial charge < -0.3 is 0 Å². The fourth-order valence-corrected chi connectivity index (χ4v) is 5.36. The van der Waals surface area contributed by atoms with Gasteiger partial charge in [-0.1, -0.05) is 50.1 Å². The fraction of sp³-hybridized carbons (Fsp3) is 0.407. The Morgan fingerprint density at radius 2 is 1.73 bits per heavy atom. The number of aromatic nitrogens is 2. The van der Waals surface area contributed by atoms with Crippen LogP contribution in [0.4, 0.5) is 16.0 Å². The molecule has 2 atom stereocenters. The van der Waals surface area contributed by atoms with Gasteiger partial charge in [-0.15, -0.1) is 0 Å². The van der Waals surface area contributed by atoms with E-state index >= 15 is 0 Å². The van der Waals surface area contributed by atoms with Crippen LogP contribution in [-0.2, 0) is 13.1 Å². The Morgan fingerprint density at radius 1 is 1.00 bits per heavy atom. The molecule has 0 saturated heterocycles. The molecule has 6 heteroatoms. The lowest BCUT2D eigenvalue weighted by atomic mass is 9.85. The SMILES string of the molecule is Cc1nc2n(c(=O)c1Cc1ccccc1)CN(C1CCCCC1C)CN2c1ccc(F)cc1. The highest BCUT2D eigenvalue weighted by atomic mass is 19.1. The summed E-state index contributed by atoms with van der Waals surface area (Å²) in [7, 11) is 0. The molecule has 5 nitrogen and oxygen atoms in total. The van der Waals surface area contributed by atoms with Gasteiger partial charge in [-0.25, -0.2) is 9.37 Å². The Bertz CT molecular complexity index is 1180. The van der Waals surface area contributed by atoms with Gasteiger partial charge in [0.1, 0.15) is 5.82 Å². The Morgan fingerprint density at radius 3 is 2.45 bits per heavy atom. The van der Waals surface area contributed by atoms with Crippen LogP contribution in [0.15, 0.2) is 59.4 Å². The third kappa shape index (κ3) is 4.32. The molecule has 1 fully saturated rings. The van der Waals surface area contributed by atoms with Gasteiger partial charge in [0.2, 0.25) is 5.95 Å². The molecule has 2 unspecified atom stereocenters. The van der Waals surface area contributed by atoms with E-state index < -0.39 is 0 Å². The van der Waals surface area contributed by atoms with Gasteiger partial charge >= 0.3 is 0 Å². The highest BCUT2D eigenvalue weighted by Crippen LogP contribution is 2.34. The summed E-state index contributed by atoms with van der Waals surface area (Å²) in [5.74, 6) is 0.946. The van der Waals surface area contributed by atoms with Crippen LogP contribution < -0.4 is 10.5 Å². The molecule has 0 spiro atoms. The Balaban J connectivity index is 1.59. The maximum Gasteiger partial charge on any atom is 0.259 e. The largest absolute Gasteiger partial charge is 0.298 e. The molecule has 5 rings (SSSR count). The lowest BCUT2D eigenvalue weighted by Crippen LogP contribution is -2.53. The summed E-state index contributed by atoms with van der Waals surface area (Å²) in [5, 5.41) is 0. The molecule has 0 radical (unpaired) electrons. The fourth-order valence-electron chi connectivity index (χ4n) is 5.36. The predicted octanol–water partition coefficient (Wildman–Crippen LogP) is 5.23. The molecule has 2 aromatic carbocycles. The number of hydrogen-bond donors (Lipinski definition) is 0. The molecular weight excluding hydrogens is 415 g/mol. The zero-order chi connectivity index (χ0) is 22.9. The van der Waals surface area contributed by atoms with E-state index in [4.69, 9.17) is 4.98 Å². The van der Waals surface area contributed by atoms with Crippen LogP contribution >= 0.6 is 0 Å². The molecule has 172 valence electrons. The third-order valence-corrected chi connectivity index (χ3v) is 7.23. The van der Waals surface area contributed by atoms with E-state index in [1.165, 1.54) is 31.4 Å². The maximum atomic E-state index is 13.8. The minimum Gasteiger partial charge on any atom is -0.298 e. The van der Waals surface area contributed by atoms with Crippen molar-refractivity contribution in [3.05, 3.63) is 87.6 Å². The van der Waals surface area contributed by atoms with Crippen molar-refractivity contribution in [3.8, 4) is 0 Å². The monoisotopic (exact) mass is 446 g/mol. The standard InChI is InChI=1S/C27H31FN4O/c1-19-8-6-7-11-25(19)30-17-31(23-14-12-22(28)13-15-23)27-29-20(2)24(26(33)32(27)18-30)16-21-9-4-3-5-10-21/h3-5,9-10,12-15,19,25H,6-8,11,16-18H2,1-2H3. The van der Waals surface area contributed by atoms with Gasteiger partial charge in [-0.05, 0) is 55.5 Å². The summed E-state index contributed by atoms with van der Waals surface area (Å²) in [6, 6.07) is 17.0. The highest BCUT2D eigenvalue weighted by Gasteiger charge is 2.34. The Kier molecular flexibility index (Phi) is 6.02. The zero-order valence-corrected chi connectivity index (χ0v) is 19.4. The molecule has 1 aliphatic carbocycles. The van der Waals surface area contributed by atoms with Crippen LogP contribution in [0.1, 0.15) is 49.4 Å². The maximum absolute atomic E-state index is 13.8. The van der Waals surface area contributed by atoms with E-state index in [1.54, 1.807) is 12.1 Å². The normalized spacial score (nSPS) is 21.1. The van der Waals surface area contributed by atoms with Gasteiger partial charge in [-0.3, -0.25) is 19.2 Å². The summed E-state index contributed by atoms with van der Waals surface area (Å²) < 4.78 is 15.5. The number of halogens is 1. The number of rotatable bonds is 4. The molecule has 0 bridgehead atoms. The van der Waals surface area contributed by atoms with E-state index in [0.717, 1.165) is 28.9 Å². The number of benzene rings is 2. The van der Waals surface area contributed by atoms with Crippen LogP contribution in [0.3, 0.4) is 0 Å². The first-order valence-corrected chi connectivity index (χ1v) is 11.9. The number of anilines is 2. The minimum atomic E-state index is -0.270.